The van der Waals surface area contributed by atoms with Gasteiger partial charge in [-0.15, -0.1) is 0 Å². The molecule has 0 aliphatic heterocycles. The van der Waals surface area contributed by atoms with Crippen LogP contribution in [0.15, 0.2) is 18.2 Å². The number of amides is 1. The lowest BCUT2D eigenvalue weighted by Crippen LogP contribution is -2.31. The van der Waals surface area contributed by atoms with Gasteiger partial charge in [0.05, 0.1) is 11.6 Å². The molecule has 1 N–H and O–H groups in total. The molecule has 0 aliphatic rings. The predicted octanol–water partition coefficient (Wildman–Crippen LogP) is 2.03. The molecule has 1 aromatic rings. The molecule has 0 aromatic heterocycles. The first kappa shape index (κ1) is 14.8. The standard InChI is InChI=1S/C13H19ClN2O2/c1-4-18-12-6-5-10(9-11(12)14)13(17)15-7-8-16(2)3/h5-6,9H,4,7-8H2,1-3H3,(H,15,17). The third-order valence-electron chi connectivity index (χ3n) is 2.34. The lowest BCUT2D eigenvalue weighted by atomic mass is 10.2. The lowest BCUT2D eigenvalue weighted by molar-refractivity contribution is 0.0951. The summed E-state index contributed by atoms with van der Waals surface area (Å²) in [6.45, 7) is 3.85. The van der Waals surface area contributed by atoms with Crippen LogP contribution in [0.1, 0.15) is 17.3 Å². The Bertz CT molecular complexity index is 408. The molecule has 0 spiro atoms. The van der Waals surface area contributed by atoms with Crippen molar-refractivity contribution in [1.29, 1.82) is 0 Å². The summed E-state index contributed by atoms with van der Waals surface area (Å²) in [6.07, 6.45) is 0. The number of ether oxygens (including phenoxy) is 1. The molecule has 0 fully saturated rings. The van der Waals surface area contributed by atoms with E-state index in [1.165, 1.54) is 0 Å². The van der Waals surface area contributed by atoms with E-state index >= 15 is 0 Å². The van der Waals surface area contributed by atoms with Crippen LogP contribution in [0.25, 0.3) is 0 Å². The highest BCUT2D eigenvalue weighted by Crippen LogP contribution is 2.25. The van der Waals surface area contributed by atoms with Crippen molar-refractivity contribution in [2.75, 3.05) is 33.8 Å². The topological polar surface area (TPSA) is 41.6 Å². The third-order valence-corrected chi connectivity index (χ3v) is 2.63. The average Bonchev–Trinajstić information content (AvgIpc) is 2.31. The van der Waals surface area contributed by atoms with Gasteiger partial charge in [-0.2, -0.15) is 0 Å². The number of hydrogen-bond donors (Lipinski definition) is 1. The van der Waals surface area contributed by atoms with E-state index in [4.69, 9.17) is 16.3 Å². The average molecular weight is 271 g/mol. The van der Waals surface area contributed by atoms with Gasteiger partial charge < -0.3 is 15.0 Å². The number of carbonyl (C=O) groups is 1. The number of halogens is 1. The van der Waals surface area contributed by atoms with Crippen molar-refractivity contribution in [3.05, 3.63) is 28.8 Å². The smallest absolute Gasteiger partial charge is 0.251 e. The first-order valence-electron chi connectivity index (χ1n) is 5.90. The highest BCUT2D eigenvalue weighted by atomic mass is 35.5. The van der Waals surface area contributed by atoms with Gasteiger partial charge in [0, 0.05) is 18.7 Å². The summed E-state index contributed by atoms with van der Waals surface area (Å²) in [5.41, 5.74) is 0.544. The molecule has 4 nitrogen and oxygen atoms in total. The molecular weight excluding hydrogens is 252 g/mol. The highest BCUT2D eigenvalue weighted by molar-refractivity contribution is 6.32. The first-order chi connectivity index (χ1) is 8.54. The molecule has 0 saturated carbocycles. The largest absolute Gasteiger partial charge is 0.492 e. The van der Waals surface area contributed by atoms with Crippen LogP contribution in [0.4, 0.5) is 0 Å². The summed E-state index contributed by atoms with van der Waals surface area (Å²) in [6, 6.07) is 5.05. The fourth-order valence-electron chi connectivity index (χ4n) is 1.41. The molecule has 0 aliphatic carbocycles. The second-order valence-electron chi connectivity index (χ2n) is 4.14. The zero-order chi connectivity index (χ0) is 13.5. The van der Waals surface area contributed by atoms with E-state index in [0.717, 1.165) is 6.54 Å². The molecule has 18 heavy (non-hydrogen) atoms. The van der Waals surface area contributed by atoms with Crippen molar-refractivity contribution in [2.45, 2.75) is 6.92 Å². The Morgan fingerprint density at radius 1 is 1.44 bits per heavy atom. The lowest BCUT2D eigenvalue weighted by Gasteiger charge is -2.11. The van der Waals surface area contributed by atoms with Crippen LogP contribution in [-0.2, 0) is 0 Å². The van der Waals surface area contributed by atoms with E-state index < -0.39 is 0 Å². The number of likely N-dealkylation sites (N-methyl/N-ethyl adjacent to an activating group) is 1. The van der Waals surface area contributed by atoms with Crippen LogP contribution in [0, 0.1) is 0 Å². The normalized spacial score (nSPS) is 10.5. The SMILES string of the molecule is CCOc1ccc(C(=O)NCCN(C)C)cc1Cl. The van der Waals surface area contributed by atoms with Gasteiger partial charge in [0.15, 0.2) is 0 Å². The van der Waals surface area contributed by atoms with Gasteiger partial charge in [-0.25, -0.2) is 0 Å². The molecule has 1 rings (SSSR count). The molecule has 1 amide bonds. The van der Waals surface area contributed by atoms with Crippen molar-refractivity contribution in [3.63, 3.8) is 0 Å². The van der Waals surface area contributed by atoms with Crippen molar-refractivity contribution >= 4 is 17.5 Å². The molecule has 1 aromatic carbocycles. The van der Waals surface area contributed by atoms with Gasteiger partial charge >= 0.3 is 0 Å². The minimum absolute atomic E-state index is 0.123. The van der Waals surface area contributed by atoms with E-state index in [9.17, 15) is 4.79 Å². The van der Waals surface area contributed by atoms with Crippen LogP contribution in [-0.4, -0.2) is 44.6 Å². The molecule has 0 bridgehead atoms. The molecule has 0 radical (unpaired) electrons. The Kier molecular flexibility index (Phi) is 5.95. The molecule has 5 heteroatoms. The van der Waals surface area contributed by atoms with E-state index in [2.05, 4.69) is 5.32 Å². The number of benzene rings is 1. The van der Waals surface area contributed by atoms with Crippen LogP contribution in [0.5, 0.6) is 5.75 Å². The summed E-state index contributed by atoms with van der Waals surface area (Å²) >= 11 is 6.02. The Balaban J connectivity index is 2.61. The number of hydrogen-bond acceptors (Lipinski definition) is 3. The first-order valence-corrected chi connectivity index (χ1v) is 6.27. The third kappa shape index (κ3) is 4.55. The minimum Gasteiger partial charge on any atom is -0.492 e. The van der Waals surface area contributed by atoms with E-state index in [1.807, 2.05) is 25.9 Å². The van der Waals surface area contributed by atoms with Crippen molar-refractivity contribution in [1.82, 2.24) is 10.2 Å². The second kappa shape index (κ2) is 7.24. The second-order valence-corrected chi connectivity index (χ2v) is 4.54. The monoisotopic (exact) mass is 270 g/mol. The van der Waals surface area contributed by atoms with Crippen LogP contribution < -0.4 is 10.1 Å². The number of carbonyl (C=O) groups excluding carboxylic acids is 1. The molecule has 0 heterocycles. The Morgan fingerprint density at radius 2 is 2.17 bits per heavy atom. The summed E-state index contributed by atoms with van der Waals surface area (Å²) in [4.78, 5) is 13.8. The maximum absolute atomic E-state index is 11.8. The van der Waals surface area contributed by atoms with Gasteiger partial charge in [0.25, 0.3) is 5.91 Å². The highest BCUT2D eigenvalue weighted by Gasteiger charge is 2.08. The van der Waals surface area contributed by atoms with Crippen molar-refractivity contribution < 1.29 is 9.53 Å². The Labute approximate surface area is 113 Å². The summed E-state index contributed by atoms with van der Waals surface area (Å²) in [7, 11) is 3.92. The predicted molar refractivity (Wildman–Crippen MR) is 73.5 cm³/mol. The molecule has 0 unspecified atom stereocenters. The molecule has 100 valence electrons. The fourth-order valence-corrected chi connectivity index (χ4v) is 1.64. The van der Waals surface area contributed by atoms with Crippen LogP contribution in [0.2, 0.25) is 5.02 Å². The van der Waals surface area contributed by atoms with Gasteiger partial charge in [0.2, 0.25) is 0 Å². The van der Waals surface area contributed by atoms with Crippen LogP contribution >= 0.6 is 11.6 Å². The van der Waals surface area contributed by atoms with Gasteiger partial charge in [-0.1, -0.05) is 11.6 Å². The van der Waals surface area contributed by atoms with Gasteiger partial charge in [-0.3, -0.25) is 4.79 Å². The Hall–Kier alpha value is -1.26. The summed E-state index contributed by atoms with van der Waals surface area (Å²) < 4.78 is 5.31. The summed E-state index contributed by atoms with van der Waals surface area (Å²) in [5, 5.41) is 3.28. The quantitative estimate of drug-likeness (QED) is 0.860. The Morgan fingerprint density at radius 3 is 2.72 bits per heavy atom. The molecular formula is C13H19ClN2O2. The van der Waals surface area contributed by atoms with Gasteiger partial charge in [-0.05, 0) is 39.2 Å². The van der Waals surface area contributed by atoms with Crippen molar-refractivity contribution in [2.24, 2.45) is 0 Å². The van der Waals surface area contributed by atoms with E-state index in [1.54, 1.807) is 18.2 Å². The number of rotatable bonds is 6. The van der Waals surface area contributed by atoms with Crippen LogP contribution in [0.3, 0.4) is 0 Å². The zero-order valence-corrected chi connectivity index (χ0v) is 11.8. The van der Waals surface area contributed by atoms with E-state index in [0.29, 0.717) is 29.5 Å². The minimum atomic E-state index is -0.123. The van der Waals surface area contributed by atoms with Crippen molar-refractivity contribution in [3.8, 4) is 5.75 Å². The molecule has 0 saturated heterocycles. The maximum atomic E-state index is 11.8. The summed E-state index contributed by atoms with van der Waals surface area (Å²) in [5.74, 6) is 0.478. The van der Waals surface area contributed by atoms with Gasteiger partial charge in [0.1, 0.15) is 5.75 Å². The number of nitrogens with one attached hydrogen (secondary N) is 1. The zero-order valence-electron chi connectivity index (χ0n) is 11.0. The molecule has 0 atom stereocenters. The fraction of sp³-hybridized carbons (Fsp3) is 0.462. The van der Waals surface area contributed by atoms with E-state index in [-0.39, 0.29) is 5.91 Å². The number of nitrogens with zero attached hydrogens (tertiary/aromatic N) is 1. The maximum Gasteiger partial charge on any atom is 0.251 e.